The van der Waals surface area contributed by atoms with Crippen molar-refractivity contribution in [1.82, 2.24) is 20.1 Å². The molecule has 9 heteroatoms. The van der Waals surface area contributed by atoms with Gasteiger partial charge in [0.25, 0.3) is 0 Å². The van der Waals surface area contributed by atoms with E-state index in [9.17, 15) is 10.1 Å². The maximum atomic E-state index is 12.7. The lowest BCUT2D eigenvalue weighted by atomic mass is 9.83. The summed E-state index contributed by atoms with van der Waals surface area (Å²) >= 11 is 1.30. The molecule has 32 heavy (non-hydrogen) atoms. The van der Waals surface area contributed by atoms with E-state index in [2.05, 4.69) is 21.6 Å². The highest BCUT2D eigenvalue weighted by Crippen LogP contribution is 2.29. The molecule has 0 unspecified atom stereocenters. The lowest BCUT2D eigenvalue weighted by molar-refractivity contribution is -0.120. The van der Waals surface area contributed by atoms with E-state index in [1.807, 2.05) is 41.0 Å². The minimum atomic E-state index is -0.747. The maximum absolute atomic E-state index is 12.7. The first-order valence-corrected chi connectivity index (χ1v) is 11.6. The van der Waals surface area contributed by atoms with Crippen molar-refractivity contribution in [2.45, 2.75) is 49.3 Å². The van der Waals surface area contributed by atoms with Gasteiger partial charge >= 0.3 is 0 Å². The van der Waals surface area contributed by atoms with Gasteiger partial charge in [0.1, 0.15) is 17.0 Å². The molecule has 0 spiro atoms. The Kier molecular flexibility index (Phi) is 6.81. The van der Waals surface area contributed by atoms with E-state index < -0.39 is 5.54 Å². The molecule has 1 fully saturated rings. The first-order valence-electron chi connectivity index (χ1n) is 10.6. The Morgan fingerprint density at radius 2 is 2.12 bits per heavy atom. The Labute approximate surface area is 191 Å². The van der Waals surface area contributed by atoms with Crippen molar-refractivity contribution in [3.63, 3.8) is 0 Å². The van der Waals surface area contributed by atoms with E-state index in [1.54, 1.807) is 13.4 Å². The average molecular weight is 452 g/mol. The zero-order valence-electron chi connectivity index (χ0n) is 17.9. The number of methoxy groups -OCH3 is 1. The second kappa shape index (κ2) is 9.92. The van der Waals surface area contributed by atoms with Gasteiger partial charge in [0, 0.05) is 5.56 Å². The fraction of sp³-hybridized carbons (Fsp3) is 0.391. The number of furan rings is 1. The Bertz CT molecular complexity index is 1100. The highest BCUT2D eigenvalue weighted by molar-refractivity contribution is 7.99. The van der Waals surface area contributed by atoms with Crippen LogP contribution in [-0.4, -0.2) is 39.1 Å². The average Bonchev–Trinajstić information content (AvgIpc) is 3.49. The monoisotopic (exact) mass is 451 g/mol. The molecule has 1 aromatic carbocycles. The van der Waals surface area contributed by atoms with Crippen molar-refractivity contribution >= 4 is 17.7 Å². The summed E-state index contributed by atoms with van der Waals surface area (Å²) in [6, 6.07) is 13.6. The van der Waals surface area contributed by atoms with Crippen LogP contribution in [-0.2, 0) is 11.3 Å². The number of rotatable bonds is 8. The summed E-state index contributed by atoms with van der Waals surface area (Å²) in [6.07, 6.45) is 6.06. The third-order valence-electron chi connectivity index (χ3n) is 5.57. The Balaban J connectivity index is 1.53. The quantitative estimate of drug-likeness (QED) is 0.515. The summed E-state index contributed by atoms with van der Waals surface area (Å²) in [5.41, 5.74) is 0.106. The second-order valence-corrected chi connectivity index (χ2v) is 8.74. The normalized spacial score (nSPS) is 15.1. The number of aromatic nitrogens is 3. The lowest BCUT2D eigenvalue weighted by Gasteiger charge is -2.31. The number of hydrogen-bond acceptors (Lipinski definition) is 7. The van der Waals surface area contributed by atoms with Crippen LogP contribution in [0.25, 0.3) is 11.4 Å². The largest absolute Gasteiger partial charge is 0.497 e. The number of amides is 1. The smallest absolute Gasteiger partial charge is 0.231 e. The Morgan fingerprint density at radius 3 is 2.84 bits per heavy atom. The summed E-state index contributed by atoms with van der Waals surface area (Å²) in [5, 5.41) is 21.9. The van der Waals surface area contributed by atoms with Crippen LogP contribution in [0.15, 0.2) is 52.2 Å². The van der Waals surface area contributed by atoms with Gasteiger partial charge < -0.3 is 14.5 Å². The fourth-order valence-electron chi connectivity index (χ4n) is 3.93. The van der Waals surface area contributed by atoms with E-state index in [-0.39, 0.29) is 11.7 Å². The van der Waals surface area contributed by atoms with Gasteiger partial charge in [-0.05, 0) is 37.1 Å². The van der Waals surface area contributed by atoms with E-state index in [0.29, 0.717) is 30.4 Å². The number of ether oxygens (including phenoxy) is 1. The van der Waals surface area contributed by atoms with Gasteiger partial charge in [-0.1, -0.05) is 43.2 Å². The van der Waals surface area contributed by atoms with Gasteiger partial charge in [0.2, 0.25) is 5.91 Å². The number of carbonyl (C=O) groups excluding carboxylic acids is 1. The van der Waals surface area contributed by atoms with Gasteiger partial charge in [0.15, 0.2) is 11.0 Å². The van der Waals surface area contributed by atoms with Crippen LogP contribution in [0.1, 0.15) is 37.9 Å². The van der Waals surface area contributed by atoms with E-state index in [0.717, 1.165) is 36.3 Å². The first kappa shape index (κ1) is 22.0. The van der Waals surface area contributed by atoms with Crippen LogP contribution in [0, 0.1) is 11.3 Å². The second-order valence-electron chi connectivity index (χ2n) is 7.80. The summed E-state index contributed by atoms with van der Waals surface area (Å²) in [4.78, 5) is 12.7. The standard InChI is InChI=1S/C23H25N5O3S/c1-30-18-8-5-7-17(13-18)21-26-27-22(28(21)14-19-9-6-12-31-19)32-15-20(29)25-23(16-24)10-3-2-4-11-23/h5-9,12-13H,2-4,10-11,14-15H2,1H3,(H,25,29). The van der Waals surface area contributed by atoms with Crippen LogP contribution in [0.4, 0.5) is 0 Å². The van der Waals surface area contributed by atoms with E-state index >= 15 is 0 Å². The molecular formula is C23H25N5O3S. The minimum Gasteiger partial charge on any atom is -0.497 e. The van der Waals surface area contributed by atoms with Crippen LogP contribution >= 0.6 is 11.8 Å². The van der Waals surface area contributed by atoms with E-state index in [4.69, 9.17) is 9.15 Å². The predicted octanol–water partition coefficient (Wildman–Crippen LogP) is 4.03. The molecule has 2 heterocycles. The van der Waals surface area contributed by atoms with Crippen molar-refractivity contribution < 1.29 is 13.9 Å². The number of nitrogens with zero attached hydrogens (tertiary/aromatic N) is 4. The van der Waals surface area contributed by atoms with E-state index in [1.165, 1.54) is 11.8 Å². The Morgan fingerprint density at radius 1 is 1.28 bits per heavy atom. The molecular weight excluding hydrogens is 426 g/mol. The van der Waals surface area contributed by atoms with Crippen molar-refractivity contribution in [2.75, 3.05) is 12.9 Å². The molecule has 1 saturated carbocycles. The zero-order chi connectivity index (χ0) is 22.4. The van der Waals surface area contributed by atoms with Crippen LogP contribution in [0.3, 0.4) is 0 Å². The van der Waals surface area contributed by atoms with Crippen molar-refractivity contribution in [3.05, 3.63) is 48.4 Å². The molecule has 8 nitrogen and oxygen atoms in total. The summed E-state index contributed by atoms with van der Waals surface area (Å²) in [7, 11) is 1.62. The van der Waals surface area contributed by atoms with Crippen molar-refractivity contribution in [1.29, 1.82) is 5.26 Å². The highest BCUT2D eigenvalue weighted by atomic mass is 32.2. The minimum absolute atomic E-state index is 0.151. The van der Waals surface area contributed by atoms with Gasteiger partial charge in [-0.2, -0.15) is 5.26 Å². The van der Waals surface area contributed by atoms with Crippen molar-refractivity contribution in [3.8, 4) is 23.2 Å². The maximum Gasteiger partial charge on any atom is 0.231 e. The molecule has 1 aliphatic carbocycles. The number of benzene rings is 1. The SMILES string of the molecule is COc1cccc(-c2nnc(SCC(=O)NC3(C#N)CCCCC3)n2Cc2ccco2)c1. The summed E-state index contributed by atoms with van der Waals surface area (Å²) < 4.78 is 12.8. The van der Waals surface area contributed by atoms with Crippen LogP contribution < -0.4 is 10.1 Å². The molecule has 0 atom stereocenters. The number of nitrogens with one attached hydrogen (secondary N) is 1. The first-order chi connectivity index (χ1) is 15.6. The molecule has 0 aliphatic heterocycles. The fourth-order valence-corrected chi connectivity index (χ4v) is 4.66. The molecule has 0 radical (unpaired) electrons. The molecule has 1 amide bonds. The number of thioether (sulfide) groups is 1. The molecule has 0 saturated heterocycles. The predicted molar refractivity (Wildman–Crippen MR) is 120 cm³/mol. The van der Waals surface area contributed by atoms with Crippen LogP contribution in [0.2, 0.25) is 0 Å². The van der Waals surface area contributed by atoms with Crippen molar-refractivity contribution in [2.24, 2.45) is 0 Å². The van der Waals surface area contributed by atoms with Gasteiger partial charge in [-0.25, -0.2) is 0 Å². The molecule has 4 rings (SSSR count). The summed E-state index contributed by atoms with van der Waals surface area (Å²) in [6.45, 7) is 0.429. The molecule has 1 aliphatic rings. The zero-order valence-corrected chi connectivity index (χ0v) is 18.7. The third-order valence-corrected chi connectivity index (χ3v) is 6.54. The number of carbonyl (C=O) groups is 1. The molecule has 0 bridgehead atoms. The molecule has 3 aromatic rings. The topological polar surface area (TPSA) is 106 Å². The molecule has 166 valence electrons. The highest BCUT2D eigenvalue weighted by Gasteiger charge is 2.33. The summed E-state index contributed by atoms with van der Waals surface area (Å²) in [5.74, 6) is 2.11. The number of nitriles is 1. The third kappa shape index (κ3) is 4.97. The van der Waals surface area contributed by atoms with Gasteiger partial charge in [0.05, 0.1) is 31.7 Å². The molecule has 1 N–H and O–H groups in total. The van der Waals surface area contributed by atoms with Crippen LogP contribution in [0.5, 0.6) is 5.75 Å². The number of hydrogen-bond donors (Lipinski definition) is 1. The Hall–Kier alpha value is -3.25. The molecule has 2 aromatic heterocycles. The lowest BCUT2D eigenvalue weighted by Crippen LogP contribution is -2.49. The van der Waals surface area contributed by atoms with Gasteiger partial charge in [-0.15, -0.1) is 10.2 Å². The van der Waals surface area contributed by atoms with Gasteiger partial charge in [-0.3, -0.25) is 9.36 Å².